The Kier molecular flexibility index (Phi) is 4.03. The number of anilines is 2. The van der Waals surface area contributed by atoms with Gasteiger partial charge in [-0.3, -0.25) is 4.79 Å². The molecule has 1 heterocycles. The fourth-order valence-corrected chi connectivity index (χ4v) is 1.65. The largest absolute Gasteiger partial charge is 0.319 e. The predicted molar refractivity (Wildman–Crippen MR) is 71.9 cm³/mol. The first-order valence-electron chi connectivity index (χ1n) is 5.15. The second-order valence-electron chi connectivity index (χ2n) is 3.51. The summed E-state index contributed by atoms with van der Waals surface area (Å²) in [7, 11) is 0. The van der Waals surface area contributed by atoms with Gasteiger partial charge in [0.2, 0.25) is 0 Å². The van der Waals surface area contributed by atoms with Crippen molar-refractivity contribution in [1.82, 2.24) is 9.97 Å². The van der Waals surface area contributed by atoms with Gasteiger partial charge in [0.25, 0.3) is 5.91 Å². The van der Waals surface area contributed by atoms with E-state index in [1.807, 2.05) is 0 Å². The molecule has 6 nitrogen and oxygen atoms in total. The fourth-order valence-electron chi connectivity index (χ4n) is 1.30. The molecule has 0 saturated carbocycles. The van der Waals surface area contributed by atoms with Gasteiger partial charge in [0, 0.05) is 4.47 Å². The van der Waals surface area contributed by atoms with E-state index in [1.165, 1.54) is 30.6 Å². The molecule has 0 spiro atoms. The van der Waals surface area contributed by atoms with Crippen molar-refractivity contribution in [3.8, 4) is 0 Å². The van der Waals surface area contributed by atoms with Gasteiger partial charge in [-0.15, -0.1) is 0 Å². The van der Waals surface area contributed by atoms with E-state index in [0.29, 0.717) is 16.0 Å². The highest BCUT2D eigenvalue weighted by Crippen LogP contribution is 2.23. The minimum Gasteiger partial charge on any atom is -0.319 e. The summed E-state index contributed by atoms with van der Waals surface area (Å²) in [5.41, 5.74) is 2.70. The van der Waals surface area contributed by atoms with E-state index in [0.717, 1.165) is 0 Å². The summed E-state index contributed by atoms with van der Waals surface area (Å²) < 4.78 is 13.6. The smallest absolute Gasteiger partial charge is 0.275 e. The van der Waals surface area contributed by atoms with Gasteiger partial charge in [0.15, 0.2) is 5.82 Å². The maximum absolute atomic E-state index is 13.1. The minimum absolute atomic E-state index is 0.0927. The number of nitrogens with zero attached hydrogens (tertiary/aromatic N) is 2. The molecule has 0 radical (unpaired) electrons. The number of hydrogen-bond donors (Lipinski definition) is 3. The highest BCUT2D eigenvalue weighted by molar-refractivity contribution is 9.10. The third-order valence-corrected chi connectivity index (χ3v) is 2.90. The summed E-state index contributed by atoms with van der Waals surface area (Å²) in [5.74, 6) is 4.52. The van der Waals surface area contributed by atoms with Crippen molar-refractivity contribution >= 4 is 33.3 Å². The van der Waals surface area contributed by atoms with Gasteiger partial charge in [-0.2, -0.15) is 0 Å². The zero-order valence-electron chi connectivity index (χ0n) is 9.52. The number of benzene rings is 1. The van der Waals surface area contributed by atoms with Crippen molar-refractivity contribution in [2.75, 3.05) is 10.7 Å². The first-order valence-corrected chi connectivity index (χ1v) is 5.94. The third kappa shape index (κ3) is 3.24. The molecule has 0 atom stereocenters. The molecule has 4 N–H and O–H groups in total. The number of rotatable bonds is 3. The number of nitrogen functional groups attached to an aromatic ring is 1. The van der Waals surface area contributed by atoms with Crippen LogP contribution in [-0.2, 0) is 0 Å². The zero-order valence-corrected chi connectivity index (χ0v) is 11.1. The van der Waals surface area contributed by atoms with Gasteiger partial charge in [-0.25, -0.2) is 20.2 Å². The molecular formula is C11H9BrFN5O. The van der Waals surface area contributed by atoms with Gasteiger partial charge < -0.3 is 10.7 Å². The van der Waals surface area contributed by atoms with Crippen molar-refractivity contribution in [1.29, 1.82) is 0 Å². The van der Waals surface area contributed by atoms with E-state index in [2.05, 4.69) is 36.6 Å². The summed E-state index contributed by atoms with van der Waals surface area (Å²) in [6.07, 6.45) is 2.58. The molecule has 0 aliphatic carbocycles. The zero-order chi connectivity index (χ0) is 13.8. The molecule has 0 unspecified atom stereocenters. The monoisotopic (exact) mass is 325 g/mol. The minimum atomic E-state index is -0.498. The molecule has 98 valence electrons. The molecule has 2 aromatic rings. The number of nitrogens with two attached hydrogens (primary N) is 1. The van der Waals surface area contributed by atoms with Crippen molar-refractivity contribution in [2.45, 2.75) is 0 Å². The SMILES string of the molecule is NNc1cnc(C(=O)Nc2cc(F)ccc2Br)cn1. The molecule has 1 aromatic carbocycles. The Bertz CT molecular complexity index is 605. The molecule has 0 aliphatic heterocycles. The number of hydrazine groups is 1. The maximum atomic E-state index is 13.1. The summed E-state index contributed by atoms with van der Waals surface area (Å²) in [6.45, 7) is 0. The topological polar surface area (TPSA) is 92.9 Å². The van der Waals surface area contributed by atoms with Crippen LogP contribution in [-0.4, -0.2) is 15.9 Å². The number of amides is 1. The van der Waals surface area contributed by atoms with Crippen LogP contribution in [0.4, 0.5) is 15.9 Å². The van der Waals surface area contributed by atoms with Gasteiger partial charge in [0.05, 0.1) is 18.1 Å². The number of nitrogens with one attached hydrogen (secondary N) is 2. The molecular weight excluding hydrogens is 317 g/mol. The van der Waals surface area contributed by atoms with Crippen LogP contribution in [0.1, 0.15) is 10.5 Å². The highest BCUT2D eigenvalue weighted by atomic mass is 79.9. The Morgan fingerprint density at radius 2 is 2.11 bits per heavy atom. The number of carbonyl (C=O) groups is 1. The molecule has 0 fully saturated rings. The van der Waals surface area contributed by atoms with Gasteiger partial charge >= 0.3 is 0 Å². The summed E-state index contributed by atoms with van der Waals surface area (Å²) in [6, 6.07) is 3.98. The number of aromatic nitrogens is 2. The van der Waals surface area contributed by atoms with E-state index in [4.69, 9.17) is 5.84 Å². The average Bonchev–Trinajstić information content (AvgIpc) is 2.43. The lowest BCUT2D eigenvalue weighted by atomic mass is 10.3. The maximum Gasteiger partial charge on any atom is 0.275 e. The van der Waals surface area contributed by atoms with Crippen LogP contribution in [0.3, 0.4) is 0 Å². The van der Waals surface area contributed by atoms with Gasteiger partial charge in [-0.05, 0) is 34.1 Å². The normalized spacial score (nSPS) is 10.1. The molecule has 0 aliphatic rings. The van der Waals surface area contributed by atoms with Crippen LogP contribution >= 0.6 is 15.9 Å². The third-order valence-electron chi connectivity index (χ3n) is 2.21. The van der Waals surface area contributed by atoms with E-state index >= 15 is 0 Å². The molecule has 2 rings (SSSR count). The van der Waals surface area contributed by atoms with Crippen molar-refractivity contribution < 1.29 is 9.18 Å². The molecule has 19 heavy (non-hydrogen) atoms. The lowest BCUT2D eigenvalue weighted by molar-refractivity contribution is 0.102. The van der Waals surface area contributed by atoms with Crippen LogP contribution in [0.25, 0.3) is 0 Å². The lowest BCUT2D eigenvalue weighted by Crippen LogP contribution is -2.16. The Hall–Kier alpha value is -2.06. The molecule has 0 saturated heterocycles. The van der Waals surface area contributed by atoms with Crippen LogP contribution in [0, 0.1) is 5.82 Å². The van der Waals surface area contributed by atoms with Gasteiger partial charge in [-0.1, -0.05) is 0 Å². The first kappa shape index (κ1) is 13.4. The Labute approximate surface area is 116 Å². The average molecular weight is 326 g/mol. The first-order chi connectivity index (χ1) is 9.10. The van der Waals surface area contributed by atoms with E-state index in [-0.39, 0.29) is 5.69 Å². The van der Waals surface area contributed by atoms with Crippen LogP contribution in [0.2, 0.25) is 0 Å². The van der Waals surface area contributed by atoms with E-state index in [1.54, 1.807) is 0 Å². The van der Waals surface area contributed by atoms with Crippen molar-refractivity contribution in [2.24, 2.45) is 5.84 Å². The van der Waals surface area contributed by atoms with Crippen LogP contribution in [0.5, 0.6) is 0 Å². The Morgan fingerprint density at radius 1 is 1.32 bits per heavy atom. The number of halogens is 2. The molecule has 1 aromatic heterocycles. The van der Waals surface area contributed by atoms with E-state index < -0.39 is 11.7 Å². The number of hydrogen-bond acceptors (Lipinski definition) is 5. The quantitative estimate of drug-likeness (QED) is 0.592. The molecule has 1 amide bonds. The van der Waals surface area contributed by atoms with E-state index in [9.17, 15) is 9.18 Å². The fraction of sp³-hybridized carbons (Fsp3) is 0. The Balaban J connectivity index is 2.18. The summed E-state index contributed by atoms with van der Waals surface area (Å²) in [4.78, 5) is 19.6. The summed E-state index contributed by atoms with van der Waals surface area (Å²) >= 11 is 3.21. The van der Waals surface area contributed by atoms with Crippen LogP contribution in [0.15, 0.2) is 35.1 Å². The van der Waals surface area contributed by atoms with Crippen molar-refractivity contribution in [3.05, 3.63) is 46.6 Å². The lowest BCUT2D eigenvalue weighted by Gasteiger charge is -2.07. The predicted octanol–water partition coefficient (Wildman–Crippen LogP) is 1.92. The second-order valence-corrected chi connectivity index (χ2v) is 4.36. The van der Waals surface area contributed by atoms with Crippen LogP contribution < -0.4 is 16.6 Å². The second kappa shape index (κ2) is 5.72. The van der Waals surface area contributed by atoms with Gasteiger partial charge in [0.1, 0.15) is 11.5 Å². The standard InChI is InChI=1S/C11H9BrFN5O/c12-7-2-1-6(13)3-8(7)17-11(19)9-4-16-10(18-14)5-15-9/h1-5H,14H2,(H,16,18)(H,17,19). The molecule has 0 bridgehead atoms. The highest BCUT2D eigenvalue weighted by Gasteiger charge is 2.11. The Morgan fingerprint density at radius 3 is 2.74 bits per heavy atom. The van der Waals surface area contributed by atoms with Crippen molar-refractivity contribution in [3.63, 3.8) is 0 Å². The molecule has 8 heteroatoms. The number of carbonyl (C=O) groups excluding carboxylic acids is 1. The summed E-state index contributed by atoms with van der Waals surface area (Å²) in [5, 5.41) is 2.52.